The molecule has 3 aromatic heterocycles. The maximum Gasteiger partial charge on any atom is 0.340 e. The molecule has 0 aliphatic rings. The fourth-order valence-corrected chi connectivity index (χ4v) is 2.26. The zero-order valence-electron chi connectivity index (χ0n) is 13.5. The zero-order chi connectivity index (χ0) is 17.1. The number of aromatic nitrogens is 5. The van der Waals surface area contributed by atoms with Gasteiger partial charge in [0, 0.05) is 23.7 Å². The van der Waals surface area contributed by atoms with Crippen LogP contribution in [0.3, 0.4) is 0 Å². The van der Waals surface area contributed by atoms with E-state index in [0.717, 1.165) is 17.0 Å². The van der Waals surface area contributed by atoms with Crippen LogP contribution in [0.2, 0.25) is 0 Å². The number of carbonyl (C=O) groups is 1. The van der Waals surface area contributed by atoms with Gasteiger partial charge in [-0.3, -0.25) is 19.9 Å². The summed E-state index contributed by atoms with van der Waals surface area (Å²) in [7, 11) is 0. The van der Waals surface area contributed by atoms with Gasteiger partial charge in [0.25, 0.3) is 5.91 Å². The SMILES string of the molecule is Cc1cc(C)n(C(C)C(=O)NNc2nc(-c3ccncc3)no2)n1. The minimum Gasteiger partial charge on any atom is -0.313 e. The van der Waals surface area contributed by atoms with Crippen LogP contribution in [0, 0.1) is 13.8 Å². The number of pyridine rings is 1. The first kappa shape index (κ1) is 15.7. The van der Waals surface area contributed by atoms with Crippen molar-refractivity contribution in [3.05, 3.63) is 42.0 Å². The molecule has 0 aliphatic carbocycles. The van der Waals surface area contributed by atoms with Gasteiger partial charge < -0.3 is 4.52 Å². The average Bonchev–Trinajstić information content (AvgIpc) is 3.19. The second-order valence-electron chi connectivity index (χ2n) is 5.32. The van der Waals surface area contributed by atoms with Crippen LogP contribution in [0.1, 0.15) is 24.4 Å². The molecular formula is C15H17N7O2. The maximum atomic E-state index is 12.2. The molecule has 3 heterocycles. The quantitative estimate of drug-likeness (QED) is 0.685. The molecule has 0 bridgehead atoms. The third-order valence-corrected chi connectivity index (χ3v) is 3.45. The molecule has 1 amide bonds. The lowest BCUT2D eigenvalue weighted by Crippen LogP contribution is -2.36. The van der Waals surface area contributed by atoms with Crippen LogP contribution in [-0.4, -0.2) is 30.8 Å². The lowest BCUT2D eigenvalue weighted by molar-refractivity contribution is -0.123. The Labute approximate surface area is 138 Å². The van der Waals surface area contributed by atoms with Gasteiger partial charge in [-0.15, -0.1) is 0 Å². The number of amides is 1. The van der Waals surface area contributed by atoms with Crippen LogP contribution >= 0.6 is 0 Å². The summed E-state index contributed by atoms with van der Waals surface area (Å²) in [5, 5.41) is 8.14. The van der Waals surface area contributed by atoms with Gasteiger partial charge in [0.15, 0.2) is 0 Å². The third-order valence-electron chi connectivity index (χ3n) is 3.45. The molecule has 0 radical (unpaired) electrons. The van der Waals surface area contributed by atoms with E-state index in [4.69, 9.17) is 4.52 Å². The van der Waals surface area contributed by atoms with Gasteiger partial charge in [0.05, 0.1) is 5.69 Å². The van der Waals surface area contributed by atoms with E-state index < -0.39 is 6.04 Å². The largest absolute Gasteiger partial charge is 0.340 e. The van der Waals surface area contributed by atoms with Crippen molar-refractivity contribution in [2.24, 2.45) is 0 Å². The predicted molar refractivity (Wildman–Crippen MR) is 85.7 cm³/mol. The lowest BCUT2D eigenvalue weighted by Gasteiger charge is -2.13. The fourth-order valence-electron chi connectivity index (χ4n) is 2.26. The number of aryl methyl sites for hydroxylation is 2. The number of hydrogen-bond donors (Lipinski definition) is 2. The van der Waals surface area contributed by atoms with Crippen molar-refractivity contribution in [3.63, 3.8) is 0 Å². The third kappa shape index (κ3) is 3.24. The second-order valence-corrected chi connectivity index (χ2v) is 5.32. The summed E-state index contributed by atoms with van der Waals surface area (Å²) < 4.78 is 6.71. The van der Waals surface area contributed by atoms with Crippen molar-refractivity contribution < 1.29 is 9.32 Å². The Kier molecular flexibility index (Phi) is 4.23. The second kappa shape index (κ2) is 6.49. The molecule has 3 rings (SSSR count). The summed E-state index contributed by atoms with van der Waals surface area (Å²) in [6.45, 7) is 5.54. The van der Waals surface area contributed by atoms with Crippen molar-refractivity contribution in [1.82, 2.24) is 30.3 Å². The summed E-state index contributed by atoms with van der Waals surface area (Å²) in [6, 6.07) is 5.05. The molecule has 0 aromatic carbocycles. The molecule has 9 heteroatoms. The van der Waals surface area contributed by atoms with Gasteiger partial charge in [0.1, 0.15) is 6.04 Å². The van der Waals surface area contributed by atoms with Crippen LogP contribution in [0.4, 0.5) is 6.01 Å². The Balaban J connectivity index is 1.62. The molecule has 0 saturated carbocycles. The fraction of sp³-hybridized carbons (Fsp3) is 0.267. The first-order chi connectivity index (χ1) is 11.5. The van der Waals surface area contributed by atoms with Crippen molar-refractivity contribution in [2.45, 2.75) is 26.8 Å². The first-order valence-electron chi connectivity index (χ1n) is 7.37. The number of hydrazine groups is 1. The smallest absolute Gasteiger partial charge is 0.313 e. The topological polar surface area (TPSA) is 111 Å². The highest BCUT2D eigenvalue weighted by Crippen LogP contribution is 2.16. The maximum absolute atomic E-state index is 12.2. The molecule has 1 unspecified atom stereocenters. The van der Waals surface area contributed by atoms with Gasteiger partial charge in [-0.25, -0.2) is 5.43 Å². The van der Waals surface area contributed by atoms with E-state index in [-0.39, 0.29) is 11.9 Å². The molecule has 3 aromatic rings. The van der Waals surface area contributed by atoms with E-state index in [1.54, 1.807) is 36.1 Å². The molecule has 2 N–H and O–H groups in total. The van der Waals surface area contributed by atoms with Gasteiger partial charge in [-0.2, -0.15) is 10.1 Å². The summed E-state index contributed by atoms with van der Waals surface area (Å²) in [6.07, 6.45) is 3.27. The molecule has 0 aliphatic heterocycles. The minimum absolute atomic E-state index is 0.0933. The van der Waals surface area contributed by atoms with E-state index in [0.29, 0.717) is 5.82 Å². The predicted octanol–water partition coefficient (Wildman–Crippen LogP) is 1.65. The zero-order valence-corrected chi connectivity index (χ0v) is 13.5. The molecule has 9 nitrogen and oxygen atoms in total. The average molecular weight is 327 g/mol. The summed E-state index contributed by atoms with van der Waals surface area (Å²) in [5.74, 6) is 0.130. The van der Waals surface area contributed by atoms with E-state index >= 15 is 0 Å². The summed E-state index contributed by atoms with van der Waals surface area (Å²) >= 11 is 0. The normalized spacial score (nSPS) is 12.0. The number of carbonyl (C=O) groups excluding carboxylic acids is 1. The van der Waals surface area contributed by atoms with Crippen LogP contribution in [0.25, 0.3) is 11.4 Å². The van der Waals surface area contributed by atoms with Crippen LogP contribution < -0.4 is 10.9 Å². The van der Waals surface area contributed by atoms with Gasteiger partial charge in [-0.1, -0.05) is 5.16 Å². The Hall–Kier alpha value is -3.23. The van der Waals surface area contributed by atoms with Crippen LogP contribution in [0.5, 0.6) is 0 Å². The Morgan fingerprint density at radius 1 is 1.29 bits per heavy atom. The highest BCUT2D eigenvalue weighted by atomic mass is 16.5. The molecular weight excluding hydrogens is 310 g/mol. The first-order valence-corrected chi connectivity index (χ1v) is 7.37. The van der Waals surface area contributed by atoms with E-state index in [9.17, 15) is 4.79 Å². The van der Waals surface area contributed by atoms with Crippen LogP contribution in [-0.2, 0) is 4.79 Å². The van der Waals surface area contributed by atoms with E-state index in [1.165, 1.54) is 0 Å². The molecule has 0 fully saturated rings. The summed E-state index contributed by atoms with van der Waals surface area (Å²) in [5.41, 5.74) is 7.69. The number of rotatable bonds is 5. The Morgan fingerprint density at radius 2 is 2.04 bits per heavy atom. The number of nitrogens with one attached hydrogen (secondary N) is 2. The standard InChI is InChI=1S/C15H17N7O2/c1-9-8-10(2)22(20-9)11(3)14(23)18-19-15-17-13(21-24-15)12-4-6-16-7-5-12/h4-8,11H,1-3H3,(H,18,23)(H,17,19,21). The van der Waals surface area contributed by atoms with Gasteiger partial charge in [0.2, 0.25) is 5.82 Å². The van der Waals surface area contributed by atoms with E-state index in [1.807, 2.05) is 19.9 Å². The van der Waals surface area contributed by atoms with Crippen LogP contribution in [0.15, 0.2) is 35.1 Å². The van der Waals surface area contributed by atoms with Crippen molar-refractivity contribution in [3.8, 4) is 11.4 Å². The molecule has 124 valence electrons. The highest BCUT2D eigenvalue weighted by Gasteiger charge is 2.18. The minimum atomic E-state index is -0.478. The lowest BCUT2D eigenvalue weighted by atomic mass is 10.3. The molecule has 0 saturated heterocycles. The Morgan fingerprint density at radius 3 is 2.71 bits per heavy atom. The number of hydrogen-bond acceptors (Lipinski definition) is 7. The van der Waals surface area contributed by atoms with Crippen molar-refractivity contribution in [2.75, 3.05) is 5.43 Å². The Bertz CT molecular complexity index is 841. The van der Waals surface area contributed by atoms with Gasteiger partial charge in [-0.05, 0) is 39.0 Å². The monoisotopic (exact) mass is 327 g/mol. The van der Waals surface area contributed by atoms with Crippen molar-refractivity contribution in [1.29, 1.82) is 0 Å². The van der Waals surface area contributed by atoms with Gasteiger partial charge >= 0.3 is 6.01 Å². The molecule has 0 spiro atoms. The summed E-state index contributed by atoms with van der Waals surface area (Å²) in [4.78, 5) is 20.3. The number of nitrogens with zero attached hydrogens (tertiary/aromatic N) is 5. The number of anilines is 1. The van der Waals surface area contributed by atoms with Crippen molar-refractivity contribution >= 4 is 11.9 Å². The molecule has 1 atom stereocenters. The molecule has 24 heavy (non-hydrogen) atoms. The highest BCUT2D eigenvalue weighted by molar-refractivity contribution is 5.80. The van der Waals surface area contributed by atoms with E-state index in [2.05, 4.69) is 31.1 Å².